The van der Waals surface area contributed by atoms with Crippen molar-refractivity contribution in [2.75, 3.05) is 13.2 Å². The first-order valence-corrected chi connectivity index (χ1v) is 14.2. The first-order valence-electron chi connectivity index (χ1n) is 11.2. The van der Waals surface area contributed by atoms with Crippen LogP contribution >= 0.6 is 0 Å². The summed E-state index contributed by atoms with van der Waals surface area (Å²) in [5, 5.41) is 19.7. The van der Waals surface area contributed by atoms with E-state index in [4.69, 9.17) is 9.47 Å². The summed E-state index contributed by atoms with van der Waals surface area (Å²) in [5.41, 5.74) is 0. The van der Waals surface area contributed by atoms with E-state index in [1.807, 2.05) is 0 Å². The molecule has 0 bridgehead atoms. The van der Waals surface area contributed by atoms with E-state index in [9.17, 15) is 27.0 Å². The van der Waals surface area contributed by atoms with Gasteiger partial charge in [-0.25, -0.2) is 16.8 Å². The molecule has 0 aliphatic heterocycles. The molecule has 4 aromatic rings. The van der Waals surface area contributed by atoms with Crippen molar-refractivity contribution in [3.8, 4) is 23.0 Å². The Morgan fingerprint density at radius 3 is 1.22 bits per heavy atom. The summed E-state index contributed by atoms with van der Waals surface area (Å²) in [7, 11) is -7.70. The fourth-order valence-electron chi connectivity index (χ4n) is 3.49. The van der Waals surface area contributed by atoms with Crippen LogP contribution in [0.2, 0.25) is 0 Å². The Morgan fingerprint density at radius 2 is 0.865 bits per heavy atom. The lowest BCUT2D eigenvalue weighted by atomic mass is 10.3. The molecule has 10 heteroatoms. The molecule has 0 aliphatic rings. The van der Waals surface area contributed by atoms with Gasteiger partial charge >= 0.3 is 0 Å². The summed E-state index contributed by atoms with van der Waals surface area (Å²) >= 11 is 0. The first-order chi connectivity index (χ1) is 17.7. The van der Waals surface area contributed by atoms with Gasteiger partial charge in [0.05, 0.1) is 23.0 Å². The highest BCUT2D eigenvalue weighted by Gasteiger charge is 2.22. The highest BCUT2D eigenvalue weighted by molar-refractivity contribution is 7.92. The molecule has 0 atom stereocenters. The van der Waals surface area contributed by atoms with Crippen LogP contribution in [0, 0.1) is 0 Å². The highest BCUT2D eigenvalue weighted by atomic mass is 32.2. The molecule has 4 rings (SSSR count). The monoisotopic (exact) mass is 540 g/mol. The largest absolute Gasteiger partial charge is 0.507 e. The van der Waals surface area contributed by atoms with E-state index < -0.39 is 19.7 Å². The number of benzene rings is 4. The van der Waals surface area contributed by atoms with E-state index in [0.717, 1.165) is 0 Å². The van der Waals surface area contributed by atoms with Gasteiger partial charge in [0.2, 0.25) is 19.7 Å². The van der Waals surface area contributed by atoms with Crippen molar-refractivity contribution in [3.63, 3.8) is 0 Å². The van der Waals surface area contributed by atoms with Crippen molar-refractivity contribution in [2.45, 2.75) is 26.0 Å². The second-order valence-corrected chi connectivity index (χ2v) is 11.8. The van der Waals surface area contributed by atoms with Gasteiger partial charge in [0.15, 0.2) is 0 Å². The van der Waals surface area contributed by atoms with Crippen LogP contribution in [0.25, 0.3) is 0 Å². The molecule has 2 N–H and O–H groups in total. The van der Waals surface area contributed by atoms with Gasteiger partial charge in [0, 0.05) is 6.42 Å². The maximum absolute atomic E-state index is 12.7. The summed E-state index contributed by atoms with van der Waals surface area (Å²) in [6, 6.07) is 23.3. The van der Waals surface area contributed by atoms with E-state index in [2.05, 4.69) is 0 Å². The van der Waals surface area contributed by atoms with Crippen LogP contribution in [0.5, 0.6) is 23.0 Å². The quantitative estimate of drug-likeness (QED) is 0.279. The molecule has 0 amide bonds. The Balaban J connectivity index is 1.27. The summed E-state index contributed by atoms with van der Waals surface area (Å²) in [4.78, 5) is -0.246. The van der Waals surface area contributed by atoms with Crippen LogP contribution in [-0.4, -0.2) is 40.3 Å². The maximum atomic E-state index is 12.7. The maximum Gasteiger partial charge on any atom is 0.210 e. The van der Waals surface area contributed by atoms with E-state index >= 15 is 0 Å². The number of phenols is 2. The van der Waals surface area contributed by atoms with Crippen molar-refractivity contribution in [3.05, 3.63) is 97.1 Å². The Kier molecular flexibility index (Phi) is 7.70. The van der Waals surface area contributed by atoms with Crippen molar-refractivity contribution < 1.29 is 36.5 Å². The number of para-hydroxylation sites is 2. The van der Waals surface area contributed by atoms with E-state index in [1.165, 1.54) is 72.8 Å². The minimum Gasteiger partial charge on any atom is -0.507 e. The Morgan fingerprint density at radius 1 is 0.514 bits per heavy atom. The third kappa shape index (κ3) is 5.87. The van der Waals surface area contributed by atoms with Crippen LogP contribution in [0.4, 0.5) is 0 Å². The third-order valence-electron chi connectivity index (χ3n) is 5.40. The van der Waals surface area contributed by atoms with Crippen LogP contribution < -0.4 is 9.47 Å². The topological polar surface area (TPSA) is 127 Å². The number of rotatable bonds is 10. The summed E-state index contributed by atoms with van der Waals surface area (Å²) in [5.74, 6) is 0.342. The van der Waals surface area contributed by atoms with Crippen LogP contribution in [0.1, 0.15) is 6.42 Å². The van der Waals surface area contributed by atoms with Gasteiger partial charge in [-0.2, -0.15) is 0 Å². The summed E-state index contributed by atoms with van der Waals surface area (Å²) in [6.07, 6.45) is 0.524. The number of hydrogen-bond acceptors (Lipinski definition) is 8. The molecule has 37 heavy (non-hydrogen) atoms. The third-order valence-corrected chi connectivity index (χ3v) is 9.04. The lowest BCUT2D eigenvalue weighted by molar-refractivity contribution is 0.247. The smallest absolute Gasteiger partial charge is 0.210 e. The van der Waals surface area contributed by atoms with Gasteiger partial charge in [-0.15, -0.1) is 0 Å². The van der Waals surface area contributed by atoms with Gasteiger partial charge in [-0.3, -0.25) is 0 Å². The minimum absolute atomic E-state index is 0.0395. The Labute approximate surface area is 215 Å². The van der Waals surface area contributed by atoms with Crippen molar-refractivity contribution in [2.24, 2.45) is 0 Å². The molecule has 0 aliphatic carbocycles. The predicted octanol–water partition coefficient (Wildman–Crippen LogP) is 4.61. The lowest BCUT2D eigenvalue weighted by Crippen LogP contribution is -2.06. The molecule has 0 spiro atoms. The zero-order chi connectivity index (χ0) is 26.5. The van der Waals surface area contributed by atoms with Crippen LogP contribution in [0.3, 0.4) is 0 Å². The molecule has 192 valence electrons. The summed E-state index contributed by atoms with van der Waals surface area (Å²) < 4.78 is 62.1. The van der Waals surface area contributed by atoms with Gasteiger partial charge in [-0.05, 0) is 72.8 Å². The fraction of sp³-hybridized carbons (Fsp3) is 0.111. The highest BCUT2D eigenvalue weighted by Crippen LogP contribution is 2.30. The molecule has 0 aromatic heterocycles. The van der Waals surface area contributed by atoms with Crippen molar-refractivity contribution >= 4 is 19.7 Å². The van der Waals surface area contributed by atoms with E-state index in [1.54, 1.807) is 24.3 Å². The second-order valence-electron chi connectivity index (χ2n) is 7.94. The molecule has 0 heterocycles. The Bertz CT molecular complexity index is 1460. The van der Waals surface area contributed by atoms with Crippen LogP contribution in [0.15, 0.2) is 117 Å². The molecule has 0 fully saturated rings. The zero-order valence-corrected chi connectivity index (χ0v) is 21.2. The summed E-state index contributed by atoms with van der Waals surface area (Å²) in [6.45, 7) is 0.622. The number of sulfone groups is 2. The normalized spacial score (nSPS) is 11.7. The molecule has 0 saturated heterocycles. The van der Waals surface area contributed by atoms with Gasteiger partial charge in [-0.1, -0.05) is 24.3 Å². The first kappa shape index (κ1) is 26.1. The fourth-order valence-corrected chi connectivity index (χ4v) is 6.19. The van der Waals surface area contributed by atoms with Crippen LogP contribution in [-0.2, 0) is 19.7 Å². The zero-order valence-electron chi connectivity index (χ0n) is 19.5. The van der Waals surface area contributed by atoms with Gasteiger partial charge < -0.3 is 19.7 Å². The average molecular weight is 541 g/mol. The van der Waals surface area contributed by atoms with E-state index in [0.29, 0.717) is 31.1 Å². The molecule has 0 radical (unpaired) electrons. The van der Waals surface area contributed by atoms with Gasteiger partial charge in [0.25, 0.3) is 0 Å². The second kappa shape index (κ2) is 10.9. The molecule has 8 nitrogen and oxygen atoms in total. The van der Waals surface area contributed by atoms with Crippen molar-refractivity contribution in [1.29, 1.82) is 0 Å². The van der Waals surface area contributed by atoms with Crippen molar-refractivity contribution in [1.82, 2.24) is 0 Å². The minimum atomic E-state index is -3.85. The number of hydrogen-bond donors (Lipinski definition) is 2. The molecule has 0 unspecified atom stereocenters. The standard InChI is InChI=1S/C27H24O8S2/c28-24-6-1-3-8-26(24)36(30,31)22-14-10-20(11-15-22)34-18-5-19-35-21-12-16-23(17-13-21)37(32,33)27-9-4-2-7-25(27)29/h1-4,6-17,28-29H,5,18-19H2. The molecule has 4 aromatic carbocycles. The van der Waals surface area contributed by atoms with E-state index in [-0.39, 0.29) is 31.1 Å². The molecular weight excluding hydrogens is 516 g/mol. The van der Waals surface area contributed by atoms with Gasteiger partial charge in [0.1, 0.15) is 32.8 Å². The average Bonchev–Trinajstić information content (AvgIpc) is 2.89. The number of phenolic OH excluding ortho intramolecular Hbond substituents is 2. The number of ether oxygens (including phenoxy) is 2. The molecular formula is C27H24O8S2. The SMILES string of the molecule is O=S(=O)(c1ccc(OCCCOc2ccc(S(=O)(=O)c3ccccc3O)cc2)cc1)c1ccccc1O. The number of aromatic hydroxyl groups is 2. The Hall–Kier alpha value is -4.02. The lowest BCUT2D eigenvalue weighted by Gasteiger charge is -2.10. The molecule has 0 saturated carbocycles. The predicted molar refractivity (Wildman–Crippen MR) is 136 cm³/mol.